The molecule has 1 heterocycles. The van der Waals surface area contributed by atoms with Crippen LogP contribution in [0.25, 0.3) is 22.2 Å². The number of fused-ring (bicyclic) bond motifs is 1. The summed E-state index contributed by atoms with van der Waals surface area (Å²) in [5.74, 6) is 0.770. The van der Waals surface area contributed by atoms with E-state index < -0.39 is 0 Å². The third-order valence-corrected chi connectivity index (χ3v) is 4.41. The Labute approximate surface area is 147 Å². The lowest BCUT2D eigenvalue weighted by Crippen LogP contribution is -2.25. The predicted octanol–water partition coefficient (Wildman–Crippen LogP) is 3.80. The second-order valence-electron chi connectivity index (χ2n) is 5.83. The van der Waals surface area contributed by atoms with E-state index >= 15 is 0 Å². The minimum atomic E-state index is -0.0477. The molecule has 0 radical (unpaired) electrons. The van der Waals surface area contributed by atoms with E-state index in [0.717, 1.165) is 33.5 Å². The molecule has 130 valence electrons. The van der Waals surface area contributed by atoms with Crippen molar-refractivity contribution in [2.75, 3.05) is 21.3 Å². The van der Waals surface area contributed by atoms with Crippen LogP contribution in [0.1, 0.15) is 12.0 Å². The van der Waals surface area contributed by atoms with E-state index in [4.69, 9.17) is 9.57 Å². The van der Waals surface area contributed by atoms with Gasteiger partial charge in [-0.25, -0.2) is 5.06 Å². The number of aromatic amines is 1. The van der Waals surface area contributed by atoms with Gasteiger partial charge in [0, 0.05) is 30.1 Å². The van der Waals surface area contributed by atoms with Crippen LogP contribution in [0.5, 0.6) is 5.75 Å². The van der Waals surface area contributed by atoms with E-state index in [1.807, 2.05) is 36.4 Å². The van der Waals surface area contributed by atoms with Gasteiger partial charge in [-0.2, -0.15) is 0 Å². The molecule has 0 aliphatic carbocycles. The van der Waals surface area contributed by atoms with Gasteiger partial charge in [0.15, 0.2) is 0 Å². The molecule has 0 bridgehead atoms. The molecule has 0 spiro atoms. The lowest BCUT2D eigenvalue weighted by Gasteiger charge is -2.13. The summed E-state index contributed by atoms with van der Waals surface area (Å²) < 4.78 is 5.24. The number of aromatic nitrogens is 1. The van der Waals surface area contributed by atoms with Gasteiger partial charge in [-0.15, -0.1) is 0 Å². The number of hydrogen-bond acceptors (Lipinski definition) is 3. The van der Waals surface area contributed by atoms with E-state index in [2.05, 4.69) is 17.1 Å². The zero-order chi connectivity index (χ0) is 17.8. The molecule has 5 nitrogen and oxygen atoms in total. The van der Waals surface area contributed by atoms with Crippen molar-refractivity contribution < 1.29 is 14.4 Å². The van der Waals surface area contributed by atoms with Crippen LogP contribution in [0.15, 0.2) is 48.5 Å². The van der Waals surface area contributed by atoms with Crippen molar-refractivity contribution in [2.45, 2.75) is 12.8 Å². The quantitative estimate of drug-likeness (QED) is 0.696. The maximum absolute atomic E-state index is 12.1. The van der Waals surface area contributed by atoms with Gasteiger partial charge in [0.1, 0.15) is 5.75 Å². The smallest absolute Gasteiger partial charge is 0.246 e. The Balaban J connectivity index is 1.98. The summed E-state index contributed by atoms with van der Waals surface area (Å²) in [5.41, 5.74) is 4.31. The molecular weight excluding hydrogens is 316 g/mol. The standard InChI is InChI=1S/C20H22N2O3/c1-22(25-3)19(23)13-12-17-16-6-4-5-7-18(16)21-20(17)14-8-10-15(24-2)11-9-14/h4-11,21H,12-13H2,1-3H3. The number of carbonyl (C=O) groups is 1. The molecule has 3 aromatic rings. The Bertz CT molecular complexity index is 868. The first kappa shape index (κ1) is 17.0. The fourth-order valence-corrected chi connectivity index (χ4v) is 2.96. The highest BCUT2D eigenvalue weighted by molar-refractivity contribution is 5.91. The minimum Gasteiger partial charge on any atom is -0.497 e. The van der Waals surface area contributed by atoms with Gasteiger partial charge in [0.2, 0.25) is 5.91 Å². The molecule has 5 heteroatoms. The number of benzene rings is 2. The second-order valence-corrected chi connectivity index (χ2v) is 5.83. The molecule has 0 saturated heterocycles. The summed E-state index contributed by atoms with van der Waals surface area (Å²) in [6.07, 6.45) is 1.02. The average molecular weight is 338 g/mol. The van der Waals surface area contributed by atoms with Gasteiger partial charge < -0.3 is 9.72 Å². The summed E-state index contributed by atoms with van der Waals surface area (Å²) in [5, 5.41) is 2.41. The van der Waals surface area contributed by atoms with Gasteiger partial charge in [-0.1, -0.05) is 18.2 Å². The van der Waals surface area contributed by atoms with Crippen molar-refractivity contribution in [1.82, 2.24) is 10.0 Å². The molecule has 0 aliphatic heterocycles. The Hall–Kier alpha value is -2.79. The van der Waals surface area contributed by atoms with Crippen LogP contribution in [0.3, 0.4) is 0 Å². The highest BCUT2D eigenvalue weighted by atomic mass is 16.7. The second kappa shape index (κ2) is 7.40. The summed E-state index contributed by atoms with van der Waals surface area (Å²) >= 11 is 0. The monoisotopic (exact) mass is 338 g/mol. The maximum Gasteiger partial charge on any atom is 0.246 e. The minimum absolute atomic E-state index is 0.0477. The summed E-state index contributed by atoms with van der Waals surface area (Å²) in [6, 6.07) is 16.1. The molecule has 0 aliphatic rings. The molecule has 0 fully saturated rings. The van der Waals surface area contributed by atoms with Gasteiger partial charge >= 0.3 is 0 Å². The number of para-hydroxylation sites is 1. The Morgan fingerprint density at radius 2 is 1.80 bits per heavy atom. The zero-order valence-electron chi connectivity index (χ0n) is 14.7. The van der Waals surface area contributed by atoms with Gasteiger partial charge in [-0.3, -0.25) is 9.63 Å². The summed E-state index contributed by atoms with van der Waals surface area (Å²) in [7, 11) is 4.77. The number of H-pyrrole nitrogens is 1. The van der Waals surface area contributed by atoms with Crippen molar-refractivity contribution in [3.05, 3.63) is 54.1 Å². The number of hydroxylamine groups is 2. The Morgan fingerprint density at radius 3 is 2.48 bits per heavy atom. The molecule has 1 aromatic heterocycles. The van der Waals surface area contributed by atoms with Gasteiger partial charge in [0.25, 0.3) is 0 Å². The van der Waals surface area contributed by atoms with Crippen LogP contribution < -0.4 is 4.74 Å². The van der Waals surface area contributed by atoms with Crippen molar-refractivity contribution in [1.29, 1.82) is 0 Å². The highest BCUT2D eigenvalue weighted by Crippen LogP contribution is 2.32. The van der Waals surface area contributed by atoms with Gasteiger partial charge in [-0.05, 0) is 47.9 Å². The summed E-state index contributed by atoms with van der Waals surface area (Å²) in [6.45, 7) is 0. The van der Waals surface area contributed by atoms with E-state index in [1.54, 1.807) is 14.2 Å². The highest BCUT2D eigenvalue weighted by Gasteiger charge is 2.16. The molecule has 25 heavy (non-hydrogen) atoms. The molecule has 0 unspecified atom stereocenters. The fourth-order valence-electron chi connectivity index (χ4n) is 2.96. The number of amides is 1. The number of ether oxygens (including phenoxy) is 1. The number of carbonyl (C=O) groups excluding carboxylic acids is 1. The van der Waals surface area contributed by atoms with Crippen molar-refractivity contribution in [3.8, 4) is 17.0 Å². The Kier molecular flexibility index (Phi) is 5.05. The third-order valence-electron chi connectivity index (χ3n) is 4.41. The zero-order valence-corrected chi connectivity index (χ0v) is 14.7. The third kappa shape index (κ3) is 3.51. The molecular formula is C20H22N2O3. The number of nitrogens with zero attached hydrogens (tertiary/aromatic N) is 1. The lowest BCUT2D eigenvalue weighted by atomic mass is 10.0. The molecule has 3 rings (SSSR count). The average Bonchev–Trinajstić information content (AvgIpc) is 3.04. The lowest BCUT2D eigenvalue weighted by molar-refractivity contribution is -0.168. The number of nitrogens with one attached hydrogen (secondary N) is 1. The van der Waals surface area contributed by atoms with Crippen LogP contribution in [-0.4, -0.2) is 37.2 Å². The first-order valence-electron chi connectivity index (χ1n) is 8.18. The number of aryl methyl sites for hydroxylation is 1. The molecule has 2 aromatic carbocycles. The van der Waals surface area contributed by atoms with Gasteiger partial charge in [0.05, 0.1) is 14.2 Å². The normalized spacial score (nSPS) is 10.8. The molecule has 1 N–H and O–H groups in total. The van der Waals surface area contributed by atoms with Crippen molar-refractivity contribution in [2.24, 2.45) is 0 Å². The predicted molar refractivity (Wildman–Crippen MR) is 98.4 cm³/mol. The molecule has 0 atom stereocenters. The van der Waals surface area contributed by atoms with Crippen molar-refractivity contribution in [3.63, 3.8) is 0 Å². The SMILES string of the molecule is COc1ccc(-c2[nH]c3ccccc3c2CCC(=O)N(C)OC)cc1. The van der Waals surface area contributed by atoms with Crippen LogP contribution in [0, 0.1) is 0 Å². The van der Waals surface area contributed by atoms with Crippen molar-refractivity contribution >= 4 is 16.8 Å². The Morgan fingerprint density at radius 1 is 1.08 bits per heavy atom. The summed E-state index contributed by atoms with van der Waals surface area (Å²) in [4.78, 5) is 20.6. The van der Waals surface area contributed by atoms with Crippen LogP contribution >= 0.6 is 0 Å². The molecule has 0 saturated carbocycles. The fraction of sp³-hybridized carbons (Fsp3) is 0.250. The first-order chi connectivity index (χ1) is 12.1. The topological polar surface area (TPSA) is 54.6 Å². The van der Waals surface area contributed by atoms with E-state index in [9.17, 15) is 4.79 Å². The van der Waals surface area contributed by atoms with Crippen LogP contribution in [0.2, 0.25) is 0 Å². The van der Waals surface area contributed by atoms with E-state index in [1.165, 1.54) is 12.2 Å². The number of methoxy groups -OCH3 is 1. The number of rotatable bonds is 6. The maximum atomic E-state index is 12.1. The largest absolute Gasteiger partial charge is 0.497 e. The van der Waals surface area contributed by atoms with E-state index in [0.29, 0.717) is 12.8 Å². The van der Waals surface area contributed by atoms with E-state index in [-0.39, 0.29) is 5.91 Å². The first-order valence-corrected chi connectivity index (χ1v) is 8.18. The van der Waals surface area contributed by atoms with Crippen LogP contribution in [0.4, 0.5) is 0 Å². The van der Waals surface area contributed by atoms with Crippen LogP contribution in [-0.2, 0) is 16.1 Å². The molecule has 1 amide bonds. The number of hydrogen-bond donors (Lipinski definition) is 1.